The van der Waals surface area contributed by atoms with Crippen molar-refractivity contribution >= 4 is 5.91 Å². The van der Waals surface area contributed by atoms with Crippen LogP contribution in [0.1, 0.15) is 26.7 Å². The highest BCUT2D eigenvalue weighted by molar-refractivity contribution is 5.81. The van der Waals surface area contributed by atoms with Crippen LogP contribution < -0.4 is 5.73 Å². The number of likely N-dealkylation sites (N-methyl/N-ethyl adjacent to an activating group) is 1. The van der Waals surface area contributed by atoms with Gasteiger partial charge in [0.25, 0.3) is 0 Å². The number of nitrogens with zero attached hydrogens (tertiary/aromatic N) is 1. The van der Waals surface area contributed by atoms with Crippen LogP contribution in [0.5, 0.6) is 0 Å². The number of carbonyl (C=O) groups excluding carboxylic acids is 1. The maximum atomic E-state index is 11.4. The van der Waals surface area contributed by atoms with E-state index in [1.807, 2.05) is 7.05 Å². The van der Waals surface area contributed by atoms with Gasteiger partial charge in [0, 0.05) is 13.6 Å². The summed E-state index contributed by atoms with van der Waals surface area (Å²) in [5.74, 6) is 0.0839. The van der Waals surface area contributed by atoms with E-state index in [4.69, 9.17) is 5.73 Å². The fourth-order valence-electron chi connectivity index (χ4n) is 1.65. The first-order valence-electron chi connectivity index (χ1n) is 4.43. The van der Waals surface area contributed by atoms with Crippen LogP contribution in [-0.2, 0) is 4.79 Å². The second-order valence-corrected chi connectivity index (χ2v) is 4.48. The minimum absolute atomic E-state index is 0.0839. The van der Waals surface area contributed by atoms with Gasteiger partial charge in [0.05, 0.1) is 6.04 Å². The Bertz CT molecular complexity index is 189. The Morgan fingerprint density at radius 3 is 2.75 bits per heavy atom. The second-order valence-electron chi connectivity index (χ2n) is 4.48. The minimum Gasteiger partial charge on any atom is -0.344 e. The van der Waals surface area contributed by atoms with Gasteiger partial charge in [-0.15, -0.1) is 0 Å². The molecule has 1 amide bonds. The number of carbonyl (C=O) groups is 1. The van der Waals surface area contributed by atoms with Gasteiger partial charge >= 0.3 is 0 Å². The summed E-state index contributed by atoms with van der Waals surface area (Å²) in [6.45, 7) is 5.16. The molecule has 0 aliphatic carbocycles. The zero-order valence-corrected chi connectivity index (χ0v) is 8.13. The number of likely N-dealkylation sites (tertiary alicyclic amines) is 1. The summed E-state index contributed by atoms with van der Waals surface area (Å²) in [5.41, 5.74) is 5.96. The first-order chi connectivity index (χ1) is 5.42. The zero-order valence-electron chi connectivity index (χ0n) is 8.13. The average molecular weight is 170 g/mol. The molecule has 0 saturated carbocycles. The van der Waals surface area contributed by atoms with E-state index in [1.165, 1.54) is 0 Å². The highest BCUT2D eigenvalue weighted by atomic mass is 16.2. The molecule has 0 aromatic heterocycles. The molecule has 0 radical (unpaired) electrons. The molecule has 3 nitrogen and oxygen atoms in total. The predicted molar refractivity (Wildman–Crippen MR) is 48.6 cm³/mol. The number of amides is 1. The van der Waals surface area contributed by atoms with Crippen molar-refractivity contribution in [1.29, 1.82) is 0 Å². The van der Waals surface area contributed by atoms with Gasteiger partial charge in [0.15, 0.2) is 0 Å². The fourth-order valence-corrected chi connectivity index (χ4v) is 1.65. The Balaban J connectivity index is 2.73. The molecule has 1 saturated heterocycles. The van der Waals surface area contributed by atoms with E-state index < -0.39 is 0 Å². The van der Waals surface area contributed by atoms with Crippen LogP contribution in [0.25, 0.3) is 0 Å². The third kappa shape index (κ3) is 1.97. The monoisotopic (exact) mass is 170 g/mol. The molecule has 70 valence electrons. The largest absolute Gasteiger partial charge is 0.344 e. The van der Waals surface area contributed by atoms with Crippen molar-refractivity contribution < 1.29 is 4.79 Å². The summed E-state index contributed by atoms with van der Waals surface area (Å²) < 4.78 is 0. The lowest BCUT2D eigenvalue weighted by Crippen LogP contribution is -2.40. The molecule has 0 spiro atoms. The van der Waals surface area contributed by atoms with Crippen molar-refractivity contribution in [2.75, 3.05) is 13.6 Å². The molecule has 1 aliphatic rings. The average Bonchev–Trinajstić information content (AvgIpc) is 2.03. The summed E-state index contributed by atoms with van der Waals surface area (Å²) in [4.78, 5) is 13.2. The SMILES string of the molecule is CN1CCC(C)(C)CC(N)C1=O. The summed E-state index contributed by atoms with van der Waals surface area (Å²) in [6.07, 6.45) is 1.85. The lowest BCUT2D eigenvalue weighted by atomic mass is 9.84. The summed E-state index contributed by atoms with van der Waals surface area (Å²) in [7, 11) is 1.82. The molecule has 1 rings (SSSR count). The standard InChI is InChI=1S/C9H18N2O/c1-9(2)4-5-11(3)8(12)7(10)6-9/h7H,4-6,10H2,1-3H3. The van der Waals surface area contributed by atoms with E-state index in [2.05, 4.69) is 13.8 Å². The summed E-state index contributed by atoms with van der Waals surface area (Å²) in [6, 6.07) is -0.299. The molecule has 12 heavy (non-hydrogen) atoms. The van der Waals surface area contributed by atoms with E-state index in [-0.39, 0.29) is 17.4 Å². The maximum Gasteiger partial charge on any atom is 0.239 e. The highest BCUT2D eigenvalue weighted by Gasteiger charge is 2.31. The van der Waals surface area contributed by atoms with Gasteiger partial charge in [-0.05, 0) is 18.3 Å². The van der Waals surface area contributed by atoms with Gasteiger partial charge in [-0.3, -0.25) is 4.79 Å². The molecule has 1 unspecified atom stereocenters. The van der Waals surface area contributed by atoms with Crippen LogP contribution in [0.2, 0.25) is 0 Å². The van der Waals surface area contributed by atoms with Crippen LogP contribution in [0.4, 0.5) is 0 Å². The Hall–Kier alpha value is -0.570. The summed E-state index contributed by atoms with van der Waals surface area (Å²) in [5, 5.41) is 0. The smallest absolute Gasteiger partial charge is 0.239 e. The molecule has 1 atom stereocenters. The van der Waals surface area contributed by atoms with Gasteiger partial charge in [-0.2, -0.15) is 0 Å². The van der Waals surface area contributed by atoms with E-state index in [9.17, 15) is 4.79 Å². The first kappa shape index (κ1) is 9.52. The van der Waals surface area contributed by atoms with Crippen molar-refractivity contribution in [3.8, 4) is 0 Å². The molecular weight excluding hydrogens is 152 g/mol. The molecule has 1 fully saturated rings. The second kappa shape index (κ2) is 3.05. The number of hydrogen-bond acceptors (Lipinski definition) is 2. The third-order valence-corrected chi connectivity index (χ3v) is 2.59. The Morgan fingerprint density at radius 1 is 1.58 bits per heavy atom. The molecule has 2 N–H and O–H groups in total. The van der Waals surface area contributed by atoms with E-state index in [0.29, 0.717) is 0 Å². The van der Waals surface area contributed by atoms with Crippen LogP contribution >= 0.6 is 0 Å². The molecule has 3 heteroatoms. The van der Waals surface area contributed by atoms with Crippen molar-refractivity contribution in [3.63, 3.8) is 0 Å². The number of rotatable bonds is 0. The molecule has 0 aromatic rings. The molecule has 0 aromatic carbocycles. The lowest BCUT2D eigenvalue weighted by Gasteiger charge is -2.22. The molecule has 0 bridgehead atoms. The van der Waals surface area contributed by atoms with E-state index in [1.54, 1.807) is 4.90 Å². The van der Waals surface area contributed by atoms with Gasteiger partial charge in [0.2, 0.25) is 5.91 Å². The van der Waals surface area contributed by atoms with Crippen molar-refractivity contribution in [2.24, 2.45) is 11.1 Å². The van der Waals surface area contributed by atoms with Crippen LogP contribution in [0.3, 0.4) is 0 Å². The maximum absolute atomic E-state index is 11.4. The molecule has 1 aliphatic heterocycles. The third-order valence-electron chi connectivity index (χ3n) is 2.59. The normalized spacial score (nSPS) is 30.2. The van der Waals surface area contributed by atoms with E-state index >= 15 is 0 Å². The van der Waals surface area contributed by atoms with Crippen molar-refractivity contribution in [3.05, 3.63) is 0 Å². The van der Waals surface area contributed by atoms with Crippen LogP contribution in [0.15, 0.2) is 0 Å². The predicted octanol–water partition coefficient (Wildman–Crippen LogP) is 0.592. The number of nitrogens with two attached hydrogens (primary N) is 1. The van der Waals surface area contributed by atoms with E-state index in [0.717, 1.165) is 19.4 Å². The quantitative estimate of drug-likeness (QED) is 0.578. The first-order valence-corrected chi connectivity index (χ1v) is 4.43. The highest BCUT2D eigenvalue weighted by Crippen LogP contribution is 2.29. The van der Waals surface area contributed by atoms with Gasteiger partial charge < -0.3 is 10.6 Å². The van der Waals surface area contributed by atoms with Gasteiger partial charge in [-0.25, -0.2) is 0 Å². The number of hydrogen-bond donors (Lipinski definition) is 1. The minimum atomic E-state index is -0.299. The van der Waals surface area contributed by atoms with Crippen molar-refractivity contribution in [1.82, 2.24) is 4.90 Å². The molecule has 1 heterocycles. The Kier molecular flexibility index (Phi) is 2.42. The van der Waals surface area contributed by atoms with Gasteiger partial charge in [0.1, 0.15) is 0 Å². The van der Waals surface area contributed by atoms with Crippen LogP contribution in [-0.4, -0.2) is 30.4 Å². The fraction of sp³-hybridized carbons (Fsp3) is 0.889. The van der Waals surface area contributed by atoms with Crippen molar-refractivity contribution in [2.45, 2.75) is 32.7 Å². The lowest BCUT2D eigenvalue weighted by molar-refractivity contribution is -0.130. The topological polar surface area (TPSA) is 46.3 Å². The Labute approximate surface area is 73.9 Å². The zero-order chi connectivity index (χ0) is 9.35. The van der Waals surface area contributed by atoms with Crippen LogP contribution in [0, 0.1) is 5.41 Å². The summed E-state index contributed by atoms with van der Waals surface area (Å²) >= 11 is 0. The van der Waals surface area contributed by atoms with Gasteiger partial charge in [-0.1, -0.05) is 13.8 Å². The Morgan fingerprint density at radius 2 is 2.17 bits per heavy atom. The molecular formula is C9H18N2O.